The third-order valence-electron chi connectivity index (χ3n) is 3.52. The number of hydrogen-bond acceptors (Lipinski definition) is 4. The number of benzene rings is 2. The summed E-state index contributed by atoms with van der Waals surface area (Å²) in [6, 6.07) is 19.9. The Morgan fingerprint density at radius 2 is 0.893 bits per heavy atom. The third kappa shape index (κ3) is 8.36. The van der Waals surface area contributed by atoms with Gasteiger partial charge in [0.2, 0.25) is 0 Å². The lowest BCUT2D eigenvalue weighted by Crippen LogP contribution is -2.21. The van der Waals surface area contributed by atoms with E-state index in [-0.39, 0.29) is 12.2 Å². The molecule has 0 aliphatic carbocycles. The molecule has 0 amide bonds. The molecule has 2 aromatic rings. The lowest BCUT2D eigenvalue weighted by Gasteiger charge is -2.23. The van der Waals surface area contributed by atoms with Crippen molar-refractivity contribution >= 4 is 0 Å². The molecule has 0 aromatic heterocycles. The van der Waals surface area contributed by atoms with Crippen LogP contribution in [0.3, 0.4) is 0 Å². The van der Waals surface area contributed by atoms with E-state index in [1.54, 1.807) is 0 Å². The van der Waals surface area contributed by atoms with E-state index in [0.717, 1.165) is 11.1 Å². The molecule has 4 nitrogen and oxygen atoms in total. The van der Waals surface area contributed by atoms with Crippen LogP contribution < -0.4 is 0 Å². The summed E-state index contributed by atoms with van der Waals surface area (Å²) in [5, 5.41) is 0. The molecule has 0 aliphatic rings. The van der Waals surface area contributed by atoms with Gasteiger partial charge in [0.25, 0.3) is 0 Å². The first-order valence-electron chi connectivity index (χ1n) is 9.61. The summed E-state index contributed by atoms with van der Waals surface area (Å²) in [5.74, 6) is 0. The Hall–Kier alpha value is -1.98. The summed E-state index contributed by atoms with van der Waals surface area (Å²) < 4.78 is 0. The molecule has 2 aromatic carbocycles. The van der Waals surface area contributed by atoms with Gasteiger partial charge in [-0.25, -0.2) is 19.6 Å². The van der Waals surface area contributed by atoms with E-state index in [9.17, 15) is 0 Å². The van der Waals surface area contributed by atoms with Gasteiger partial charge in [0.1, 0.15) is 12.2 Å². The zero-order valence-electron chi connectivity index (χ0n) is 17.7. The molecule has 0 saturated carbocycles. The topological polar surface area (TPSA) is 36.9 Å². The van der Waals surface area contributed by atoms with Crippen molar-refractivity contribution in [3.63, 3.8) is 0 Å². The molecular formula is C24H32O4. The van der Waals surface area contributed by atoms with Crippen LogP contribution in [-0.4, -0.2) is 11.2 Å². The van der Waals surface area contributed by atoms with Crippen LogP contribution in [0, 0.1) is 0 Å². The minimum atomic E-state index is -0.411. The summed E-state index contributed by atoms with van der Waals surface area (Å²) in [4.78, 5) is 22.6. The van der Waals surface area contributed by atoms with Crippen molar-refractivity contribution in [1.29, 1.82) is 0 Å². The zero-order chi connectivity index (χ0) is 20.6. The molecule has 28 heavy (non-hydrogen) atoms. The molecule has 0 heterocycles. The molecule has 152 valence electrons. The Kier molecular flexibility index (Phi) is 7.96. The molecule has 0 fully saturated rings. The molecule has 0 radical (unpaired) electrons. The van der Waals surface area contributed by atoms with Crippen LogP contribution in [0.1, 0.15) is 64.9 Å². The fraction of sp³-hybridized carbons (Fsp3) is 0.417. The monoisotopic (exact) mass is 384 g/mol. The van der Waals surface area contributed by atoms with E-state index in [2.05, 4.69) is 0 Å². The Bertz CT molecular complexity index is 648. The average molecular weight is 385 g/mol. The van der Waals surface area contributed by atoms with E-state index >= 15 is 0 Å². The van der Waals surface area contributed by atoms with Gasteiger partial charge in [0.05, 0.1) is 11.2 Å². The molecule has 0 aliphatic heterocycles. The van der Waals surface area contributed by atoms with Crippen molar-refractivity contribution < 1.29 is 19.6 Å². The Balaban J connectivity index is 2.23. The van der Waals surface area contributed by atoms with Crippen molar-refractivity contribution in [2.45, 2.75) is 65.0 Å². The van der Waals surface area contributed by atoms with Gasteiger partial charge in [0.15, 0.2) is 0 Å². The summed E-state index contributed by atoms with van der Waals surface area (Å²) in [6.45, 7) is 11.7. The van der Waals surface area contributed by atoms with Gasteiger partial charge >= 0.3 is 0 Å². The summed E-state index contributed by atoms with van der Waals surface area (Å²) in [7, 11) is 0. The molecular weight excluding hydrogens is 352 g/mol. The van der Waals surface area contributed by atoms with Crippen molar-refractivity contribution in [2.24, 2.45) is 0 Å². The minimum Gasteiger partial charge on any atom is -0.230 e. The van der Waals surface area contributed by atoms with Gasteiger partial charge in [-0.05, 0) is 64.8 Å². The zero-order valence-corrected chi connectivity index (χ0v) is 17.7. The quantitative estimate of drug-likeness (QED) is 0.295. The first kappa shape index (κ1) is 22.3. The lowest BCUT2D eigenvalue weighted by atomic mass is 10.1. The first-order chi connectivity index (χ1) is 13.1. The second-order valence-corrected chi connectivity index (χ2v) is 8.63. The number of hydrogen-bond donors (Lipinski definition) is 0. The predicted octanol–water partition coefficient (Wildman–Crippen LogP) is 6.52. The van der Waals surface area contributed by atoms with Gasteiger partial charge in [-0.1, -0.05) is 60.7 Å². The molecule has 0 N–H and O–H groups in total. The first-order valence-corrected chi connectivity index (χ1v) is 9.61. The third-order valence-corrected chi connectivity index (χ3v) is 3.52. The Morgan fingerprint density at radius 1 is 0.571 bits per heavy atom. The van der Waals surface area contributed by atoms with Crippen molar-refractivity contribution in [2.75, 3.05) is 0 Å². The van der Waals surface area contributed by atoms with Crippen LogP contribution in [0.15, 0.2) is 72.8 Å². The van der Waals surface area contributed by atoms with E-state index in [4.69, 9.17) is 19.6 Å². The number of rotatable bonds is 8. The normalized spacial score (nSPS) is 14.9. The molecule has 2 atom stereocenters. The molecule has 2 unspecified atom stereocenters. The standard InChI is InChI=1S/C24H32O4/c1-23(2,3)27-25-21(19-13-9-7-10-14-19)17-18-22(26-28-24(4,5)6)20-15-11-8-12-16-20/h7-18,21-22H,1-6H3/b18-17+. The Labute approximate surface area is 168 Å². The smallest absolute Gasteiger partial charge is 0.136 e. The van der Waals surface area contributed by atoms with Gasteiger partial charge in [0, 0.05) is 0 Å². The van der Waals surface area contributed by atoms with Crippen LogP contribution in [0.2, 0.25) is 0 Å². The maximum absolute atomic E-state index is 5.74. The van der Waals surface area contributed by atoms with E-state index in [0.29, 0.717) is 0 Å². The molecule has 2 rings (SSSR count). The average Bonchev–Trinajstić information content (AvgIpc) is 2.64. The predicted molar refractivity (Wildman–Crippen MR) is 111 cm³/mol. The minimum absolute atomic E-state index is 0.370. The fourth-order valence-corrected chi connectivity index (χ4v) is 2.28. The highest BCUT2D eigenvalue weighted by Crippen LogP contribution is 2.27. The van der Waals surface area contributed by atoms with Crippen LogP contribution in [0.4, 0.5) is 0 Å². The maximum atomic E-state index is 5.74. The molecule has 0 saturated heterocycles. The second-order valence-electron chi connectivity index (χ2n) is 8.63. The molecule has 0 bridgehead atoms. The summed E-state index contributed by atoms with van der Waals surface area (Å²) in [5.41, 5.74) is 1.16. The SMILES string of the molecule is CC(C)(C)OOC(/C=C/C(OOC(C)(C)C)c1ccccc1)c1ccccc1. The van der Waals surface area contributed by atoms with E-state index in [1.807, 2.05) is 114 Å². The van der Waals surface area contributed by atoms with Crippen LogP contribution in [-0.2, 0) is 19.6 Å². The second kappa shape index (κ2) is 9.99. The highest BCUT2D eigenvalue weighted by molar-refractivity contribution is 5.25. The van der Waals surface area contributed by atoms with Crippen LogP contribution in [0.5, 0.6) is 0 Å². The van der Waals surface area contributed by atoms with E-state index < -0.39 is 11.2 Å². The van der Waals surface area contributed by atoms with Gasteiger partial charge in [-0.3, -0.25) is 0 Å². The van der Waals surface area contributed by atoms with Crippen LogP contribution in [0.25, 0.3) is 0 Å². The highest BCUT2D eigenvalue weighted by atomic mass is 17.2. The van der Waals surface area contributed by atoms with Crippen molar-refractivity contribution in [3.05, 3.63) is 83.9 Å². The molecule has 0 spiro atoms. The van der Waals surface area contributed by atoms with Crippen molar-refractivity contribution in [3.8, 4) is 0 Å². The van der Waals surface area contributed by atoms with Gasteiger partial charge in [-0.2, -0.15) is 0 Å². The van der Waals surface area contributed by atoms with E-state index in [1.165, 1.54) is 0 Å². The lowest BCUT2D eigenvalue weighted by molar-refractivity contribution is -0.370. The maximum Gasteiger partial charge on any atom is 0.136 e. The van der Waals surface area contributed by atoms with Crippen LogP contribution >= 0.6 is 0 Å². The fourth-order valence-electron chi connectivity index (χ4n) is 2.28. The summed E-state index contributed by atoms with van der Waals surface area (Å²) >= 11 is 0. The highest BCUT2D eigenvalue weighted by Gasteiger charge is 2.20. The largest absolute Gasteiger partial charge is 0.230 e. The summed E-state index contributed by atoms with van der Waals surface area (Å²) in [6.07, 6.45) is 3.13. The Morgan fingerprint density at radius 3 is 1.18 bits per heavy atom. The van der Waals surface area contributed by atoms with Gasteiger partial charge in [-0.15, -0.1) is 0 Å². The van der Waals surface area contributed by atoms with Crippen molar-refractivity contribution in [1.82, 2.24) is 0 Å². The van der Waals surface area contributed by atoms with Gasteiger partial charge < -0.3 is 0 Å². The molecule has 4 heteroatoms.